The van der Waals surface area contributed by atoms with Crippen LogP contribution in [-0.2, 0) is 13.0 Å². The van der Waals surface area contributed by atoms with Gasteiger partial charge in [0.05, 0.1) is 11.2 Å². The number of rotatable bonds is 5. The predicted molar refractivity (Wildman–Crippen MR) is 153 cm³/mol. The molecule has 0 radical (unpaired) electrons. The second-order valence-electron chi connectivity index (χ2n) is 9.41. The van der Waals surface area contributed by atoms with Gasteiger partial charge in [-0.05, 0) is 66.1 Å². The number of aromatic nitrogens is 1. The van der Waals surface area contributed by atoms with Crippen molar-refractivity contribution in [1.82, 2.24) is 9.88 Å². The molecule has 0 unspecified atom stereocenters. The van der Waals surface area contributed by atoms with Gasteiger partial charge in [-0.3, -0.25) is 9.78 Å². The van der Waals surface area contributed by atoms with Crippen molar-refractivity contribution >= 4 is 51.2 Å². The summed E-state index contributed by atoms with van der Waals surface area (Å²) in [6.07, 6.45) is 6.89. The van der Waals surface area contributed by atoms with Crippen LogP contribution in [0.1, 0.15) is 33.6 Å². The highest BCUT2D eigenvalue weighted by atomic mass is 32.1. The van der Waals surface area contributed by atoms with Crippen molar-refractivity contribution in [3.63, 3.8) is 0 Å². The van der Waals surface area contributed by atoms with Crippen LogP contribution in [0, 0.1) is 11.5 Å². The van der Waals surface area contributed by atoms with Crippen LogP contribution in [0.3, 0.4) is 0 Å². The number of aliphatic imine (C=N–C) groups is 1. The lowest BCUT2D eigenvalue weighted by molar-refractivity contribution is 0.103. The first kappa shape index (κ1) is 23.9. The number of thiophene rings is 1. The number of nitriles is 1. The molecule has 1 amide bonds. The number of carbonyl (C=O) groups excluding carboxylic acids is 1. The average Bonchev–Trinajstić information content (AvgIpc) is 3.72. The van der Waals surface area contributed by atoms with Gasteiger partial charge in [0.25, 0.3) is 5.91 Å². The standard InChI is InChI=1S/C29H27N7OS/c30-19-33-29(35-13-3-4-14-35)36-15-10-20-7-8-22(17-26(20)36)34-28(37)27-25(11-16-38-27)32-18-21-9-12-31-24-6-2-1-5-23(21)24/h1-2,5-9,11-12,16-17,32H,3-4,10,13-15,18H2,(H,34,37)/b33-29-. The van der Waals surface area contributed by atoms with Gasteiger partial charge in [-0.2, -0.15) is 5.26 Å². The molecule has 6 rings (SSSR count). The number of para-hydroxylation sites is 1. The first-order chi connectivity index (χ1) is 18.7. The average molecular weight is 522 g/mol. The number of fused-ring (bicyclic) bond motifs is 2. The Morgan fingerprint density at radius 1 is 1.11 bits per heavy atom. The van der Waals surface area contributed by atoms with Crippen molar-refractivity contribution in [3.05, 3.63) is 82.2 Å². The predicted octanol–water partition coefficient (Wildman–Crippen LogP) is 5.46. The molecule has 0 atom stereocenters. The van der Waals surface area contributed by atoms with Crippen LogP contribution in [0.25, 0.3) is 10.9 Å². The van der Waals surface area contributed by atoms with E-state index in [2.05, 4.69) is 42.5 Å². The van der Waals surface area contributed by atoms with Crippen molar-refractivity contribution in [3.8, 4) is 6.19 Å². The van der Waals surface area contributed by atoms with E-state index in [0.717, 1.165) is 72.4 Å². The van der Waals surface area contributed by atoms with E-state index in [9.17, 15) is 10.1 Å². The Morgan fingerprint density at radius 3 is 2.84 bits per heavy atom. The number of hydrogen-bond donors (Lipinski definition) is 2. The molecule has 0 aliphatic carbocycles. The minimum absolute atomic E-state index is 0.156. The molecular formula is C29H27N7OS. The maximum Gasteiger partial charge on any atom is 0.267 e. The Hall–Kier alpha value is -4.42. The molecule has 2 aromatic heterocycles. The lowest BCUT2D eigenvalue weighted by Gasteiger charge is -2.28. The third-order valence-electron chi connectivity index (χ3n) is 7.10. The molecule has 2 aliphatic heterocycles. The zero-order valence-corrected chi connectivity index (χ0v) is 21.7. The number of guanidine groups is 1. The number of hydrogen-bond acceptors (Lipinski definition) is 6. The number of nitrogens with zero attached hydrogens (tertiary/aromatic N) is 5. The Morgan fingerprint density at radius 2 is 1.97 bits per heavy atom. The number of benzene rings is 2. The number of nitrogens with one attached hydrogen (secondary N) is 2. The van der Waals surface area contributed by atoms with Crippen LogP contribution >= 0.6 is 11.3 Å². The van der Waals surface area contributed by atoms with Gasteiger partial charge >= 0.3 is 0 Å². The first-order valence-corrected chi connectivity index (χ1v) is 13.7. The maximum atomic E-state index is 13.3. The van der Waals surface area contributed by atoms with Gasteiger partial charge < -0.3 is 20.4 Å². The second-order valence-corrected chi connectivity index (χ2v) is 10.3. The van der Waals surface area contributed by atoms with Crippen LogP contribution in [0.5, 0.6) is 0 Å². The lowest BCUT2D eigenvalue weighted by atomic mass is 10.1. The summed E-state index contributed by atoms with van der Waals surface area (Å²) >= 11 is 1.41. The van der Waals surface area contributed by atoms with Gasteiger partial charge in [0.1, 0.15) is 4.88 Å². The summed E-state index contributed by atoms with van der Waals surface area (Å²) in [5.74, 6) is 0.553. The van der Waals surface area contributed by atoms with E-state index in [1.165, 1.54) is 16.9 Å². The number of carbonyl (C=O) groups is 1. The number of likely N-dealkylation sites (tertiary alicyclic amines) is 1. The van der Waals surface area contributed by atoms with Gasteiger partial charge in [0.2, 0.25) is 12.2 Å². The van der Waals surface area contributed by atoms with Gasteiger partial charge in [-0.25, -0.2) is 0 Å². The molecule has 0 bridgehead atoms. The molecule has 0 spiro atoms. The summed E-state index contributed by atoms with van der Waals surface area (Å²) in [6, 6.07) is 18.0. The zero-order chi connectivity index (χ0) is 25.9. The van der Waals surface area contributed by atoms with E-state index < -0.39 is 0 Å². The van der Waals surface area contributed by atoms with E-state index in [1.54, 1.807) is 0 Å². The van der Waals surface area contributed by atoms with E-state index in [1.807, 2.05) is 60.2 Å². The van der Waals surface area contributed by atoms with Crippen molar-refractivity contribution < 1.29 is 4.79 Å². The van der Waals surface area contributed by atoms with Gasteiger partial charge in [-0.15, -0.1) is 16.3 Å². The Labute approximate surface area is 225 Å². The van der Waals surface area contributed by atoms with Gasteiger partial charge in [0.15, 0.2) is 0 Å². The molecule has 2 N–H and O–H groups in total. The molecule has 8 nitrogen and oxygen atoms in total. The van der Waals surface area contributed by atoms with Crippen molar-refractivity contribution in [2.45, 2.75) is 25.8 Å². The topological polar surface area (TPSA) is 96.7 Å². The monoisotopic (exact) mass is 521 g/mol. The fourth-order valence-electron chi connectivity index (χ4n) is 5.24. The largest absolute Gasteiger partial charge is 0.380 e. The van der Waals surface area contributed by atoms with E-state index in [4.69, 9.17) is 0 Å². The molecule has 1 fully saturated rings. The molecule has 4 heterocycles. The molecule has 190 valence electrons. The summed E-state index contributed by atoms with van der Waals surface area (Å²) < 4.78 is 0. The molecular weight excluding hydrogens is 494 g/mol. The molecule has 4 aromatic rings. The first-order valence-electron chi connectivity index (χ1n) is 12.8. The van der Waals surface area contributed by atoms with Crippen molar-refractivity contribution in [2.75, 3.05) is 35.2 Å². The van der Waals surface area contributed by atoms with Crippen LogP contribution in [0.2, 0.25) is 0 Å². The van der Waals surface area contributed by atoms with Gasteiger partial charge in [0, 0.05) is 49.1 Å². The molecule has 9 heteroatoms. The van der Waals surface area contributed by atoms with Crippen LogP contribution in [-0.4, -0.2) is 41.4 Å². The van der Waals surface area contributed by atoms with Crippen LogP contribution in [0.15, 0.2) is 71.2 Å². The Kier molecular flexibility index (Phi) is 6.63. The fourth-order valence-corrected chi connectivity index (χ4v) is 6.01. The minimum atomic E-state index is -0.156. The normalized spacial score (nSPS) is 15.0. The third-order valence-corrected chi connectivity index (χ3v) is 8.01. The number of anilines is 3. The van der Waals surface area contributed by atoms with E-state index in [-0.39, 0.29) is 5.91 Å². The van der Waals surface area contributed by atoms with Crippen molar-refractivity contribution in [1.29, 1.82) is 5.26 Å². The summed E-state index contributed by atoms with van der Waals surface area (Å²) in [5.41, 5.74) is 5.79. The fraction of sp³-hybridized carbons (Fsp3) is 0.241. The highest BCUT2D eigenvalue weighted by molar-refractivity contribution is 7.12. The van der Waals surface area contributed by atoms with Crippen LogP contribution in [0.4, 0.5) is 17.1 Å². The number of amides is 1. The zero-order valence-electron chi connectivity index (χ0n) is 20.9. The molecule has 0 saturated carbocycles. The van der Waals surface area contributed by atoms with Gasteiger partial charge in [-0.1, -0.05) is 24.3 Å². The molecule has 38 heavy (non-hydrogen) atoms. The van der Waals surface area contributed by atoms with Crippen LogP contribution < -0.4 is 15.5 Å². The summed E-state index contributed by atoms with van der Waals surface area (Å²) in [7, 11) is 0. The summed E-state index contributed by atoms with van der Waals surface area (Å²) in [5, 5.41) is 18.9. The quantitative estimate of drug-likeness (QED) is 0.206. The smallest absolute Gasteiger partial charge is 0.267 e. The third kappa shape index (κ3) is 4.66. The Bertz CT molecular complexity index is 1560. The molecule has 2 aromatic carbocycles. The van der Waals surface area contributed by atoms with E-state index in [0.29, 0.717) is 17.4 Å². The number of pyridine rings is 1. The minimum Gasteiger partial charge on any atom is -0.380 e. The summed E-state index contributed by atoms with van der Waals surface area (Å²) in [4.78, 5) is 26.8. The highest BCUT2D eigenvalue weighted by Crippen LogP contribution is 2.33. The second kappa shape index (κ2) is 10.5. The Balaban J connectivity index is 1.18. The molecule has 2 aliphatic rings. The lowest BCUT2D eigenvalue weighted by Crippen LogP contribution is -2.42. The molecule has 1 saturated heterocycles. The van der Waals surface area contributed by atoms with E-state index >= 15 is 0 Å². The maximum absolute atomic E-state index is 13.3. The SMILES string of the molecule is N#C/N=C(/N1CCCC1)N1CCc2ccc(NC(=O)c3sccc3NCc3ccnc4ccccc34)cc21. The van der Waals surface area contributed by atoms with Crippen molar-refractivity contribution in [2.24, 2.45) is 4.99 Å². The summed E-state index contributed by atoms with van der Waals surface area (Å²) in [6.45, 7) is 3.18. The highest BCUT2D eigenvalue weighted by Gasteiger charge is 2.29.